The van der Waals surface area contributed by atoms with Gasteiger partial charge in [0, 0.05) is 62.8 Å². The molecule has 2 aromatic carbocycles. The number of rotatable bonds is 15. The molecule has 24 nitrogen and oxygen atoms in total. The van der Waals surface area contributed by atoms with Gasteiger partial charge in [0.05, 0.1) is 6.54 Å². The molecule has 1 saturated heterocycles. The topological polar surface area (TPSA) is 391 Å². The molecule has 69 heavy (non-hydrogen) atoms. The molecule has 1 aliphatic rings. The molecule has 1 fully saturated rings. The first-order valence-corrected chi connectivity index (χ1v) is 22.4. The third kappa shape index (κ3) is 18.3. The molecule has 0 saturated carbocycles. The smallest absolute Gasteiger partial charge is 0.326 e. The fourth-order valence-electron chi connectivity index (χ4n) is 7.44. The number of amides is 9. The summed E-state index contributed by atoms with van der Waals surface area (Å²) in [6.07, 6.45) is 0.0630. The zero-order valence-electron chi connectivity index (χ0n) is 38.1. The number of aromatic nitrogens is 1. The van der Waals surface area contributed by atoms with E-state index in [1.165, 1.54) is 6.92 Å². The van der Waals surface area contributed by atoms with Crippen molar-refractivity contribution in [2.75, 3.05) is 19.6 Å². The maximum Gasteiger partial charge on any atom is 0.326 e. The lowest BCUT2D eigenvalue weighted by atomic mass is 10.0. The van der Waals surface area contributed by atoms with Crippen LogP contribution in [0, 0.1) is 5.41 Å². The van der Waals surface area contributed by atoms with E-state index in [4.69, 9.17) is 16.9 Å². The molecular formula is C45H61N13O11. The normalized spacial score (nSPS) is 20.9. The van der Waals surface area contributed by atoms with E-state index in [1.54, 1.807) is 54.7 Å². The molecule has 24 heteroatoms. The van der Waals surface area contributed by atoms with Gasteiger partial charge in [0.1, 0.15) is 36.3 Å². The average Bonchev–Trinajstić information content (AvgIpc) is 3.71. The van der Waals surface area contributed by atoms with E-state index in [-0.39, 0.29) is 70.4 Å². The number of fused-ring (bicyclic) bond motifs is 1. The van der Waals surface area contributed by atoms with Crippen LogP contribution < -0.4 is 59.3 Å². The standard InChI is InChI=1S/C45H61N13O11/c1-25(59)53-30(13-7-20-50-45(47)48)40(64)56-32-16-18-37(61)49-19-8-14-33(44(68)69)57-43(67)35(22-27-23-51-29-12-6-5-11-28(27)29)54-38(62)24-52-39(63)34(21-26-9-3-2-4-10-26)58-42(66)31(55-41(32)65)15-17-36(46)60/h2-6,9-12,23,30-35,51H,7-8,13-22,24H2,1H3,(H2,46,60)(H,49,61)(H,52,63)(H,53,59)(H,54,62)(H,55,65)(H,56,64)(H,57,67)(H,58,66)(H,68,69)(H4,47,48,50)/t30?,31-,32?,33?,34?,35-/m0/s1. The van der Waals surface area contributed by atoms with Gasteiger partial charge in [-0.15, -0.1) is 0 Å². The van der Waals surface area contributed by atoms with Crippen LogP contribution in [0.2, 0.25) is 0 Å². The fourth-order valence-corrected chi connectivity index (χ4v) is 7.44. The van der Waals surface area contributed by atoms with E-state index in [0.717, 1.165) is 10.9 Å². The number of aromatic amines is 1. The third-order valence-electron chi connectivity index (χ3n) is 11.0. The summed E-state index contributed by atoms with van der Waals surface area (Å²) in [6, 6.07) is 7.20. The monoisotopic (exact) mass is 959 g/mol. The van der Waals surface area contributed by atoms with Crippen LogP contribution in [-0.2, 0) is 60.8 Å². The number of carboxylic acid groups (broad SMARTS) is 1. The fraction of sp³-hybridized carbons (Fsp3) is 0.444. The largest absolute Gasteiger partial charge is 0.480 e. The molecule has 6 atom stereocenters. The summed E-state index contributed by atoms with van der Waals surface area (Å²) in [4.78, 5) is 136. The first-order valence-electron chi connectivity index (χ1n) is 22.4. The first kappa shape index (κ1) is 53.6. The molecule has 4 unspecified atom stereocenters. The maximum atomic E-state index is 14.1. The lowest BCUT2D eigenvalue weighted by Crippen LogP contribution is -2.59. The van der Waals surface area contributed by atoms with Gasteiger partial charge in [-0.25, -0.2) is 4.79 Å². The van der Waals surface area contributed by atoms with Crippen molar-refractivity contribution in [1.29, 1.82) is 5.41 Å². The van der Waals surface area contributed by atoms with Crippen LogP contribution in [0.25, 0.3) is 10.9 Å². The highest BCUT2D eigenvalue weighted by Gasteiger charge is 2.33. The minimum atomic E-state index is -1.55. The first-order chi connectivity index (χ1) is 32.9. The molecule has 0 radical (unpaired) electrons. The Morgan fingerprint density at radius 1 is 0.797 bits per heavy atom. The summed E-state index contributed by atoms with van der Waals surface area (Å²) in [5.74, 6) is -9.05. The molecule has 4 rings (SSSR count). The van der Waals surface area contributed by atoms with E-state index in [2.05, 4.69) is 52.8 Å². The number of para-hydroxylation sites is 1. The number of nitrogens with one attached hydrogen (secondary N) is 11. The Balaban J connectivity index is 1.67. The second-order valence-corrected chi connectivity index (χ2v) is 16.4. The van der Waals surface area contributed by atoms with Crippen molar-refractivity contribution < 1.29 is 53.1 Å². The molecule has 372 valence electrons. The number of guanidine groups is 1. The number of nitrogens with two attached hydrogens (primary N) is 2. The van der Waals surface area contributed by atoms with Crippen LogP contribution >= 0.6 is 0 Å². The Kier molecular flexibility index (Phi) is 20.9. The summed E-state index contributed by atoms with van der Waals surface area (Å²) < 4.78 is 0. The second kappa shape index (κ2) is 26.9. The Morgan fingerprint density at radius 2 is 1.48 bits per heavy atom. The molecule has 3 aromatic rings. The molecule has 1 aromatic heterocycles. The van der Waals surface area contributed by atoms with Gasteiger partial charge in [-0.3, -0.25) is 48.6 Å². The lowest BCUT2D eigenvalue weighted by molar-refractivity contribution is -0.142. The number of carbonyl (C=O) groups is 10. The SMILES string of the molecule is CC(=O)NC(CCCNC(=N)N)C(=O)NC1CCC(=O)NCCCC(C(=O)O)NC(=O)[C@H](Cc2c[nH]c3ccccc23)NC(=O)CNC(=O)C(Cc2ccccc2)NC(=O)[C@H](CCC(N)=O)NC1=O. The van der Waals surface area contributed by atoms with E-state index in [1.807, 2.05) is 6.07 Å². The van der Waals surface area contributed by atoms with Crippen molar-refractivity contribution in [3.8, 4) is 0 Å². The highest BCUT2D eigenvalue weighted by atomic mass is 16.4. The van der Waals surface area contributed by atoms with Crippen LogP contribution in [-0.4, -0.2) is 131 Å². The Bertz CT molecular complexity index is 2340. The highest BCUT2D eigenvalue weighted by molar-refractivity contribution is 5.97. The number of aliphatic carboxylic acids is 1. The van der Waals surface area contributed by atoms with Gasteiger partial charge in [0.2, 0.25) is 53.2 Å². The van der Waals surface area contributed by atoms with Gasteiger partial charge in [-0.05, 0) is 55.7 Å². The number of carboxylic acids is 1. The maximum absolute atomic E-state index is 14.1. The van der Waals surface area contributed by atoms with Crippen LogP contribution in [0.1, 0.15) is 69.4 Å². The highest BCUT2D eigenvalue weighted by Crippen LogP contribution is 2.19. The van der Waals surface area contributed by atoms with Crippen molar-refractivity contribution >= 4 is 76.0 Å². The Morgan fingerprint density at radius 3 is 2.17 bits per heavy atom. The molecule has 0 spiro atoms. The summed E-state index contributed by atoms with van der Waals surface area (Å²) in [5, 5.41) is 41.1. The van der Waals surface area contributed by atoms with E-state index in [0.29, 0.717) is 11.1 Å². The number of carbonyl (C=O) groups excluding carboxylic acids is 9. The van der Waals surface area contributed by atoms with Crippen molar-refractivity contribution in [3.05, 3.63) is 71.9 Å². The van der Waals surface area contributed by atoms with Crippen LogP contribution in [0.4, 0.5) is 0 Å². The number of hydrogen-bond acceptors (Lipinski definition) is 11. The lowest BCUT2D eigenvalue weighted by Gasteiger charge is -2.26. The van der Waals surface area contributed by atoms with E-state index in [9.17, 15) is 53.1 Å². The Labute approximate surface area is 396 Å². The predicted octanol–water partition coefficient (Wildman–Crippen LogP) is -2.70. The molecule has 16 N–H and O–H groups in total. The number of benzene rings is 2. The zero-order valence-corrected chi connectivity index (χ0v) is 38.1. The van der Waals surface area contributed by atoms with Gasteiger partial charge >= 0.3 is 5.97 Å². The van der Waals surface area contributed by atoms with Gasteiger partial charge in [-0.2, -0.15) is 0 Å². The van der Waals surface area contributed by atoms with Crippen LogP contribution in [0.3, 0.4) is 0 Å². The molecule has 0 bridgehead atoms. The molecular weight excluding hydrogens is 899 g/mol. The number of primary amides is 1. The van der Waals surface area contributed by atoms with Gasteiger partial charge in [-0.1, -0.05) is 48.5 Å². The Hall–Kier alpha value is -8.05. The van der Waals surface area contributed by atoms with Gasteiger partial charge < -0.3 is 69.4 Å². The van der Waals surface area contributed by atoms with Crippen molar-refractivity contribution in [2.45, 2.75) is 107 Å². The summed E-state index contributed by atoms with van der Waals surface area (Å²) >= 11 is 0. The van der Waals surface area contributed by atoms with Crippen LogP contribution in [0.5, 0.6) is 0 Å². The minimum absolute atomic E-state index is 0.0270. The van der Waals surface area contributed by atoms with E-state index < -0.39 is 115 Å². The average molecular weight is 960 g/mol. The molecule has 2 heterocycles. The third-order valence-corrected chi connectivity index (χ3v) is 11.0. The van der Waals surface area contributed by atoms with Crippen LogP contribution in [0.15, 0.2) is 60.8 Å². The minimum Gasteiger partial charge on any atom is -0.480 e. The summed E-state index contributed by atoms with van der Waals surface area (Å²) in [5.41, 5.74) is 12.7. The number of H-pyrrole nitrogens is 1. The van der Waals surface area contributed by atoms with E-state index >= 15 is 0 Å². The molecule has 1 aliphatic heterocycles. The van der Waals surface area contributed by atoms with Gasteiger partial charge in [0.15, 0.2) is 5.96 Å². The quantitative estimate of drug-likeness (QED) is 0.0420. The molecule has 0 aliphatic carbocycles. The zero-order chi connectivity index (χ0) is 50.5. The summed E-state index contributed by atoms with van der Waals surface area (Å²) in [6.45, 7) is 0.570. The van der Waals surface area contributed by atoms with Crippen molar-refractivity contribution in [2.24, 2.45) is 11.5 Å². The van der Waals surface area contributed by atoms with Crippen molar-refractivity contribution in [1.82, 2.24) is 52.8 Å². The van der Waals surface area contributed by atoms with Crippen molar-refractivity contribution in [3.63, 3.8) is 0 Å². The second-order valence-electron chi connectivity index (χ2n) is 16.4. The van der Waals surface area contributed by atoms with Gasteiger partial charge in [0.25, 0.3) is 0 Å². The number of hydrogen-bond donors (Lipinski definition) is 14. The predicted molar refractivity (Wildman–Crippen MR) is 249 cm³/mol. The molecule has 9 amide bonds. The summed E-state index contributed by atoms with van der Waals surface area (Å²) in [7, 11) is 0.